The quantitative estimate of drug-likeness (QED) is 0.574. The molecule has 0 amide bonds. The van der Waals surface area contributed by atoms with E-state index in [0.717, 1.165) is 27.9 Å². The zero-order chi connectivity index (χ0) is 16.4. The van der Waals surface area contributed by atoms with E-state index in [2.05, 4.69) is 22.1 Å². The Morgan fingerprint density at radius 3 is 2.67 bits per heavy atom. The Kier molecular flexibility index (Phi) is 3.53. The van der Waals surface area contributed by atoms with Gasteiger partial charge in [-0.1, -0.05) is 36.4 Å². The first-order chi connectivity index (χ1) is 11.8. The van der Waals surface area contributed by atoms with Gasteiger partial charge < -0.3 is 4.57 Å². The predicted molar refractivity (Wildman–Crippen MR) is 93.2 cm³/mol. The second-order valence-electron chi connectivity index (χ2n) is 5.58. The summed E-state index contributed by atoms with van der Waals surface area (Å²) in [6.07, 6.45) is 3.58. The van der Waals surface area contributed by atoms with Crippen LogP contribution in [0.4, 0.5) is 0 Å². The number of benzene rings is 2. The van der Waals surface area contributed by atoms with Crippen molar-refractivity contribution in [2.75, 3.05) is 0 Å². The first-order valence-corrected chi connectivity index (χ1v) is 7.69. The SMILES string of the molecule is N#Cc1ccc(Cn2cnc3cccnc32)cc1-c1ccccc1. The molecule has 2 aromatic carbocycles. The van der Waals surface area contributed by atoms with E-state index < -0.39 is 0 Å². The van der Waals surface area contributed by atoms with E-state index in [1.54, 1.807) is 12.5 Å². The van der Waals surface area contributed by atoms with Crippen molar-refractivity contribution in [2.24, 2.45) is 0 Å². The number of fused-ring (bicyclic) bond motifs is 1. The highest BCUT2D eigenvalue weighted by Crippen LogP contribution is 2.25. The first-order valence-electron chi connectivity index (χ1n) is 7.69. The van der Waals surface area contributed by atoms with Crippen molar-refractivity contribution in [3.05, 3.63) is 84.3 Å². The molecule has 0 bridgehead atoms. The molecule has 0 fully saturated rings. The maximum atomic E-state index is 9.39. The third-order valence-electron chi connectivity index (χ3n) is 4.02. The number of nitriles is 1. The van der Waals surface area contributed by atoms with Gasteiger partial charge in [-0.05, 0) is 41.0 Å². The zero-order valence-electron chi connectivity index (χ0n) is 12.9. The molecule has 24 heavy (non-hydrogen) atoms. The normalized spacial score (nSPS) is 10.6. The van der Waals surface area contributed by atoms with Crippen LogP contribution in [0.5, 0.6) is 0 Å². The molecule has 0 unspecified atom stereocenters. The molecule has 114 valence electrons. The van der Waals surface area contributed by atoms with Crippen molar-refractivity contribution >= 4 is 11.2 Å². The summed E-state index contributed by atoms with van der Waals surface area (Å²) in [7, 11) is 0. The fourth-order valence-electron chi connectivity index (χ4n) is 2.85. The number of hydrogen-bond acceptors (Lipinski definition) is 3. The number of hydrogen-bond donors (Lipinski definition) is 0. The number of nitrogens with zero attached hydrogens (tertiary/aromatic N) is 4. The molecule has 2 heterocycles. The lowest BCUT2D eigenvalue weighted by molar-refractivity contribution is 0.814. The van der Waals surface area contributed by atoms with Crippen molar-refractivity contribution in [1.82, 2.24) is 14.5 Å². The molecule has 0 atom stereocenters. The lowest BCUT2D eigenvalue weighted by Crippen LogP contribution is -2.00. The van der Waals surface area contributed by atoms with Crippen LogP contribution in [0.25, 0.3) is 22.3 Å². The topological polar surface area (TPSA) is 54.5 Å². The summed E-state index contributed by atoms with van der Waals surface area (Å²) in [5.74, 6) is 0. The van der Waals surface area contributed by atoms with Crippen LogP contribution >= 0.6 is 0 Å². The highest BCUT2D eigenvalue weighted by Gasteiger charge is 2.08. The highest BCUT2D eigenvalue weighted by molar-refractivity contribution is 5.72. The Morgan fingerprint density at radius 2 is 1.83 bits per heavy atom. The number of imidazole rings is 1. The first kappa shape index (κ1) is 14.2. The summed E-state index contributed by atoms with van der Waals surface area (Å²) < 4.78 is 2.02. The van der Waals surface area contributed by atoms with Crippen LogP contribution in [-0.2, 0) is 6.54 Å². The minimum Gasteiger partial charge on any atom is -0.311 e. The molecular formula is C20H14N4. The van der Waals surface area contributed by atoms with Crippen LogP contribution < -0.4 is 0 Å². The molecule has 4 heteroatoms. The molecular weight excluding hydrogens is 296 g/mol. The van der Waals surface area contributed by atoms with Gasteiger partial charge in [0.15, 0.2) is 5.65 Å². The fourth-order valence-corrected chi connectivity index (χ4v) is 2.85. The summed E-state index contributed by atoms with van der Waals surface area (Å²) in [6, 6.07) is 22.0. The van der Waals surface area contributed by atoms with Crippen molar-refractivity contribution in [3.8, 4) is 17.2 Å². The summed E-state index contributed by atoms with van der Waals surface area (Å²) >= 11 is 0. The predicted octanol–water partition coefficient (Wildman–Crippen LogP) is 4.02. The van der Waals surface area contributed by atoms with Gasteiger partial charge in [-0.25, -0.2) is 9.97 Å². The molecule has 4 nitrogen and oxygen atoms in total. The number of aromatic nitrogens is 3. The Hall–Kier alpha value is -3.45. The summed E-state index contributed by atoms with van der Waals surface area (Å²) in [5, 5.41) is 9.39. The van der Waals surface area contributed by atoms with E-state index in [9.17, 15) is 5.26 Å². The van der Waals surface area contributed by atoms with Gasteiger partial charge in [-0.2, -0.15) is 5.26 Å². The second-order valence-corrected chi connectivity index (χ2v) is 5.58. The van der Waals surface area contributed by atoms with Gasteiger partial charge in [0, 0.05) is 6.20 Å². The smallest absolute Gasteiger partial charge is 0.160 e. The van der Waals surface area contributed by atoms with Crippen LogP contribution in [0.1, 0.15) is 11.1 Å². The summed E-state index contributed by atoms with van der Waals surface area (Å²) in [6.45, 7) is 0.666. The number of rotatable bonds is 3. The van der Waals surface area contributed by atoms with Crippen molar-refractivity contribution in [3.63, 3.8) is 0 Å². The van der Waals surface area contributed by atoms with Crippen molar-refractivity contribution in [2.45, 2.75) is 6.54 Å². The minimum absolute atomic E-state index is 0.666. The lowest BCUT2D eigenvalue weighted by Gasteiger charge is -2.09. The van der Waals surface area contributed by atoms with Crippen molar-refractivity contribution < 1.29 is 0 Å². The molecule has 0 saturated heterocycles. The Bertz CT molecular complexity index is 1040. The highest BCUT2D eigenvalue weighted by atomic mass is 15.1. The van der Waals surface area contributed by atoms with Gasteiger partial charge in [-0.3, -0.25) is 0 Å². The Balaban J connectivity index is 1.76. The molecule has 0 aliphatic carbocycles. The fraction of sp³-hybridized carbons (Fsp3) is 0.0500. The van der Waals surface area contributed by atoms with Crippen LogP contribution in [0.3, 0.4) is 0 Å². The lowest BCUT2D eigenvalue weighted by atomic mass is 9.98. The molecule has 0 aliphatic rings. The maximum absolute atomic E-state index is 9.39. The van der Waals surface area contributed by atoms with Crippen LogP contribution in [0.2, 0.25) is 0 Å². The van der Waals surface area contributed by atoms with E-state index in [1.165, 1.54) is 0 Å². The van der Waals surface area contributed by atoms with Crippen molar-refractivity contribution in [1.29, 1.82) is 5.26 Å². The second kappa shape index (κ2) is 5.98. The van der Waals surface area contributed by atoms with E-state index in [0.29, 0.717) is 12.1 Å². The van der Waals surface area contributed by atoms with Gasteiger partial charge >= 0.3 is 0 Å². The molecule has 0 spiro atoms. The van der Waals surface area contributed by atoms with Crippen LogP contribution in [0.15, 0.2) is 73.2 Å². The monoisotopic (exact) mass is 310 g/mol. The van der Waals surface area contributed by atoms with Gasteiger partial charge in [0.05, 0.1) is 24.5 Å². The summed E-state index contributed by atoms with van der Waals surface area (Å²) in [5.41, 5.74) is 5.53. The molecule has 0 saturated carbocycles. The third-order valence-corrected chi connectivity index (χ3v) is 4.02. The average molecular weight is 310 g/mol. The minimum atomic E-state index is 0.666. The van der Waals surface area contributed by atoms with E-state index in [1.807, 2.05) is 59.2 Å². The molecule has 4 aromatic rings. The van der Waals surface area contributed by atoms with Gasteiger partial charge in [0.2, 0.25) is 0 Å². The molecule has 4 rings (SSSR count). The van der Waals surface area contributed by atoms with Crippen LogP contribution in [-0.4, -0.2) is 14.5 Å². The van der Waals surface area contributed by atoms with Gasteiger partial charge in [0.1, 0.15) is 5.52 Å². The molecule has 0 radical (unpaired) electrons. The summed E-state index contributed by atoms with van der Waals surface area (Å²) in [4.78, 5) is 8.78. The molecule has 0 N–H and O–H groups in total. The third kappa shape index (κ3) is 2.53. The van der Waals surface area contributed by atoms with Gasteiger partial charge in [-0.15, -0.1) is 0 Å². The standard InChI is InChI=1S/C20H14N4/c21-12-17-9-8-15(11-18(17)16-5-2-1-3-6-16)13-24-14-23-19-7-4-10-22-20(19)24/h1-11,14H,13H2. The van der Waals surface area contributed by atoms with E-state index in [4.69, 9.17) is 0 Å². The largest absolute Gasteiger partial charge is 0.311 e. The zero-order valence-corrected chi connectivity index (χ0v) is 12.9. The number of pyridine rings is 1. The van der Waals surface area contributed by atoms with E-state index in [-0.39, 0.29) is 0 Å². The van der Waals surface area contributed by atoms with Gasteiger partial charge in [0.25, 0.3) is 0 Å². The average Bonchev–Trinajstić information content (AvgIpc) is 3.05. The molecule has 2 aromatic heterocycles. The Morgan fingerprint density at radius 1 is 0.958 bits per heavy atom. The van der Waals surface area contributed by atoms with E-state index >= 15 is 0 Å². The Labute approximate surface area is 139 Å². The maximum Gasteiger partial charge on any atom is 0.160 e. The molecule has 0 aliphatic heterocycles. The van der Waals surface area contributed by atoms with Crippen LogP contribution in [0, 0.1) is 11.3 Å².